The summed E-state index contributed by atoms with van der Waals surface area (Å²) >= 11 is 0. The molecule has 0 heteroatoms. The number of allylic oxidation sites excluding steroid dienone is 1. The molecule has 0 spiro atoms. The Bertz CT molecular complexity index is 29.0. The zero-order chi connectivity index (χ0) is 4.83. The van der Waals surface area contributed by atoms with Crippen molar-refractivity contribution in [3.8, 4) is 0 Å². The van der Waals surface area contributed by atoms with E-state index in [2.05, 4.69) is 19.9 Å². The molecule has 0 radical (unpaired) electrons. The van der Waals surface area contributed by atoms with Crippen LogP contribution in [0.25, 0.3) is 0 Å². The molecule has 0 rings (SSSR count). The predicted molar refractivity (Wildman–Crippen MR) is 29.4 cm³/mol. The van der Waals surface area contributed by atoms with Gasteiger partial charge >= 0.3 is 0 Å². The molecular weight excluding hydrogens is 72.1 g/mol. The second-order valence-corrected chi connectivity index (χ2v) is 1.26. The van der Waals surface area contributed by atoms with Crippen LogP contribution in [-0.4, -0.2) is 0 Å². The first-order valence-corrected chi connectivity index (χ1v) is 2.36. The lowest BCUT2D eigenvalue weighted by Gasteiger charge is -1.91. The molecule has 6 heavy (non-hydrogen) atoms. The molecule has 0 heterocycles. The molecule has 0 saturated heterocycles. The van der Waals surface area contributed by atoms with Gasteiger partial charge in [-0.1, -0.05) is 13.3 Å². The Morgan fingerprint density at radius 3 is 2.67 bits per heavy atom. The third kappa shape index (κ3) is 3.61. The van der Waals surface area contributed by atoms with E-state index in [1.54, 1.807) is 0 Å². The van der Waals surface area contributed by atoms with Crippen molar-refractivity contribution in [1.82, 2.24) is 0 Å². The standard InChI is InChI=1S/C6H11/c1-3-5-6-4-2/h3,5H,1,4,6H2,2H3/q-1. The summed E-state index contributed by atoms with van der Waals surface area (Å²) in [6.07, 6.45) is 6.30. The molecule has 0 aromatic heterocycles. The van der Waals surface area contributed by atoms with Crippen LogP contribution in [0.15, 0.2) is 12.7 Å². The van der Waals surface area contributed by atoms with E-state index in [1.165, 1.54) is 12.8 Å². The molecule has 0 N–H and O–H groups in total. The molecule has 0 amide bonds. The summed E-state index contributed by atoms with van der Waals surface area (Å²) in [5.74, 6) is 0. The third-order valence-electron chi connectivity index (χ3n) is 0.622. The zero-order valence-electron chi connectivity index (χ0n) is 4.28. The van der Waals surface area contributed by atoms with Crippen molar-refractivity contribution < 1.29 is 0 Å². The van der Waals surface area contributed by atoms with E-state index in [9.17, 15) is 0 Å². The quantitative estimate of drug-likeness (QED) is 0.362. The van der Waals surface area contributed by atoms with E-state index in [4.69, 9.17) is 0 Å². The topological polar surface area (TPSA) is 0 Å². The van der Waals surface area contributed by atoms with Gasteiger partial charge in [0.25, 0.3) is 0 Å². The van der Waals surface area contributed by atoms with Crippen LogP contribution in [0.2, 0.25) is 0 Å². The Balaban J connectivity index is 2.49. The minimum Gasteiger partial charge on any atom is -0.245 e. The minimum absolute atomic E-state index is 1.17. The van der Waals surface area contributed by atoms with Gasteiger partial charge in [0.05, 0.1) is 0 Å². The summed E-state index contributed by atoms with van der Waals surface area (Å²) in [4.78, 5) is 0. The molecule has 0 aliphatic rings. The fourth-order valence-electron chi connectivity index (χ4n) is 0.285. The number of rotatable bonds is 3. The summed E-state index contributed by atoms with van der Waals surface area (Å²) in [7, 11) is 0. The molecule has 0 aliphatic heterocycles. The van der Waals surface area contributed by atoms with Crippen LogP contribution in [0.1, 0.15) is 19.8 Å². The first-order chi connectivity index (χ1) is 2.91. The van der Waals surface area contributed by atoms with Gasteiger partial charge in [-0.25, -0.2) is 19.1 Å². The van der Waals surface area contributed by atoms with Crippen molar-refractivity contribution in [1.29, 1.82) is 0 Å². The fourth-order valence-corrected chi connectivity index (χ4v) is 0.285. The van der Waals surface area contributed by atoms with Gasteiger partial charge in [-0.2, -0.15) is 0 Å². The average Bonchev–Trinajstić information content (AvgIpc) is 1.61. The average molecular weight is 83.2 g/mol. The summed E-state index contributed by atoms with van der Waals surface area (Å²) in [5.41, 5.74) is 0. The maximum Gasteiger partial charge on any atom is -0.0665 e. The van der Waals surface area contributed by atoms with Crippen LogP contribution in [0, 0.1) is 6.42 Å². The van der Waals surface area contributed by atoms with Gasteiger partial charge in [-0.05, 0) is 0 Å². The highest BCUT2D eigenvalue weighted by molar-refractivity contribution is 4.84. The Hall–Kier alpha value is -0.390. The maximum absolute atomic E-state index is 3.54. The van der Waals surface area contributed by atoms with Gasteiger partial charge in [0.15, 0.2) is 0 Å². The molecule has 0 unspecified atom stereocenters. The molecule has 0 nitrogen and oxygen atoms in total. The monoisotopic (exact) mass is 83.1 g/mol. The maximum atomic E-state index is 3.54. The number of hydrogen-bond donors (Lipinski definition) is 0. The van der Waals surface area contributed by atoms with E-state index in [0.717, 1.165) is 0 Å². The Kier molecular flexibility index (Phi) is 4.31. The molecule has 0 aromatic rings. The van der Waals surface area contributed by atoms with Crippen molar-refractivity contribution in [3.05, 3.63) is 19.1 Å². The van der Waals surface area contributed by atoms with Crippen LogP contribution in [-0.2, 0) is 0 Å². The van der Waals surface area contributed by atoms with Crippen molar-refractivity contribution in [2.75, 3.05) is 0 Å². The smallest absolute Gasteiger partial charge is 0.0665 e. The second kappa shape index (κ2) is 4.61. The van der Waals surface area contributed by atoms with Gasteiger partial charge < -0.3 is 0 Å². The van der Waals surface area contributed by atoms with Gasteiger partial charge in [-0.15, -0.1) is 6.42 Å². The number of hydrogen-bond acceptors (Lipinski definition) is 0. The Morgan fingerprint density at radius 2 is 2.50 bits per heavy atom. The molecule has 36 valence electrons. The lowest BCUT2D eigenvalue weighted by atomic mass is 10.3. The summed E-state index contributed by atoms with van der Waals surface area (Å²) in [6, 6.07) is 0. The SMILES string of the molecule is C=C[CH-]CCC. The van der Waals surface area contributed by atoms with Gasteiger partial charge in [0.2, 0.25) is 0 Å². The minimum atomic E-state index is 1.17. The largest absolute Gasteiger partial charge is 0.245 e. The van der Waals surface area contributed by atoms with Crippen LogP contribution < -0.4 is 0 Å². The summed E-state index contributed by atoms with van der Waals surface area (Å²) < 4.78 is 0. The van der Waals surface area contributed by atoms with Gasteiger partial charge in [0, 0.05) is 0 Å². The Labute approximate surface area is 39.9 Å². The van der Waals surface area contributed by atoms with Crippen LogP contribution in [0.4, 0.5) is 0 Å². The van der Waals surface area contributed by atoms with Crippen molar-refractivity contribution in [3.63, 3.8) is 0 Å². The molecule has 0 saturated carbocycles. The highest BCUT2D eigenvalue weighted by Gasteiger charge is 1.63. The summed E-state index contributed by atoms with van der Waals surface area (Å²) in [6.45, 7) is 5.70. The van der Waals surface area contributed by atoms with E-state index in [-0.39, 0.29) is 0 Å². The van der Waals surface area contributed by atoms with Crippen LogP contribution in [0.5, 0.6) is 0 Å². The van der Waals surface area contributed by atoms with E-state index in [0.29, 0.717) is 0 Å². The van der Waals surface area contributed by atoms with Crippen molar-refractivity contribution in [2.45, 2.75) is 19.8 Å². The molecule has 0 bridgehead atoms. The number of unbranched alkanes of at least 4 members (excludes halogenated alkanes) is 2. The van der Waals surface area contributed by atoms with Crippen molar-refractivity contribution >= 4 is 0 Å². The van der Waals surface area contributed by atoms with Crippen LogP contribution in [0.3, 0.4) is 0 Å². The van der Waals surface area contributed by atoms with E-state index < -0.39 is 0 Å². The van der Waals surface area contributed by atoms with Crippen molar-refractivity contribution in [2.24, 2.45) is 0 Å². The first kappa shape index (κ1) is 5.61. The summed E-state index contributed by atoms with van der Waals surface area (Å²) in [5, 5.41) is 0. The lowest BCUT2D eigenvalue weighted by Crippen LogP contribution is -1.63. The first-order valence-electron chi connectivity index (χ1n) is 2.36. The second-order valence-electron chi connectivity index (χ2n) is 1.26. The molecule has 0 aliphatic carbocycles. The fraction of sp³-hybridized carbons (Fsp3) is 0.500. The third-order valence-corrected chi connectivity index (χ3v) is 0.622. The molecular formula is C6H11-. The highest BCUT2D eigenvalue weighted by atomic mass is 13.8. The highest BCUT2D eigenvalue weighted by Crippen LogP contribution is 1.89. The van der Waals surface area contributed by atoms with E-state index >= 15 is 0 Å². The molecule has 0 aromatic carbocycles. The van der Waals surface area contributed by atoms with Gasteiger partial charge in [0.1, 0.15) is 0 Å². The molecule has 0 fully saturated rings. The lowest BCUT2D eigenvalue weighted by molar-refractivity contribution is 0.923. The Morgan fingerprint density at radius 1 is 1.83 bits per heavy atom. The zero-order valence-corrected chi connectivity index (χ0v) is 4.28. The van der Waals surface area contributed by atoms with E-state index in [1.807, 2.05) is 6.08 Å². The van der Waals surface area contributed by atoms with Crippen LogP contribution >= 0.6 is 0 Å². The normalized spacial score (nSPS) is 7.50. The van der Waals surface area contributed by atoms with Gasteiger partial charge in [-0.3, -0.25) is 0 Å². The molecule has 0 atom stereocenters. The predicted octanol–water partition coefficient (Wildman–Crippen LogP) is 2.18.